The second-order valence-electron chi connectivity index (χ2n) is 5.19. The van der Waals surface area contributed by atoms with Crippen molar-refractivity contribution in [2.75, 3.05) is 5.32 Å². The molecule has 2 nitrogen and oxygen atoms in total. The second kappa shape index (κ2) is 5.57. The van der Waals surface area contributed by atoms with Crippen molar-refractivity contribution in [2.24, 2.45) is 17.6 Å². The zero-order valence-electron chi connectivity index (χ0n) is 10.7. The summed E-state index contributed by atoms with van der Waals surface area (Å²) in [6.07, 6.45) is 2.50. The van der Waals surface area contributed by atoms with Crippen molar-refractivity contribution in [3.8, 4) is 0 Å². The van der Waals surface area contributed by atoms with Crippen LogP contribution in [0.15, 0.2) is 22.7 Å². The molecule has 1 aliphatic carbocycles. The largest absolute Gasteiger partial charge is 0.389 e. The van der Waals surface area contributed by atoms with Gasteiger partial charge < -0.3 is 11.1 Å². The summed E-state index contributed by atoms with van der Waals surface area (Å²) in [6, 6.07) is 6.55. The number of thiocarbonyl (C=S) groups is 1. The van der Waals surface area contributed by atoms with Gasteiger partial charge in [-0.2, -0.15) is 0 Å². The number of benzene rings is 1. The van der Waals surface area contributed by atoms with Crippen LogP contribution in [0.4, 0.5) is 5.69 Å². The summed E-state index contributed by atoms with van der Waals surface area (Å²) >= 11 is 8.65. The van der Waals surface area contributed by atoms with Gasteiger partial charge in [-0.15, -0.1) is 0 Å². The third kappa shape index (κ3) is 2.69. The Kier molecular flexibility index (Phi) is 4.28. The van der Waals surface area contributed by atoms with E-state index in [1.54, 1.807) is 0 Å². The summed E-state index contributed by atoms with van der Waals surface area (Å²) in [6.45, 7) is 4.63. The molecule has 3 unspecified atom stereocenters. The molecule has 2 rings (SSSR count). The number of hydrogen-bond acceptors (Lipinski definition) is 2. The van der Waals surface area contributed by atoms with Gasteiger partial charge in [0.25, 0.3) is 0 Å². The van der Waals surface area contributed by atoms with Crippen LogP contribution in [0.2, 0.25) is 0 Å². The molecule has 18 heavy (non-hydrogen) atoms. The van der Waals surface area contributed by atoms with Crippen LogP contribution in [-0.2, 0) is 0 Å². The van der Waals surface area contributed by atoms with Crippen LogP contribution in [0.5, 0.6) is 0 Å². The number of rotatable bonds is 3. The van der Waals surface area contributed by atoms with Gasteiger partial charge in [-0.3, -0.25) is 0 Å². The summed E-state index contributed by atoms with van der Waals surface area (Å²) in [5, 5.41) is 3.61. The van der Waals surface area contributed by atoms with Crippen molar-refractivity contribution < 1.29 is 0 Å². The molecule has 0 spiro atoms. The van der Waals surface area contributed by atoms with E-state index in [1.807, 2.05) is 12.1 Å². The smallest absolute Gasteiger partial charge is 0.107 e. The van der Waals surface area contributed by atoms with E-state index in [0.29, 0.717) is 16.9 Å². The third-order valence-corrected chi connectivity index (χ3v) is 4.93. The van der Waals surface area contributed by atoms with E-state index in [0.717, 1.165) is 21.6 Å². The first-order valence-electron chi connectivity index (χ1n) is 6.35. The average Bonchev–Trinajstić information content (AvgIpc) is 2.60. The molecule has 0 aromatic heterocycles. The van der Waals surface area contributed by atoms with E-state index in [-0.39, 0.29) is 0 Å². The standard InChI is InChI=1S/C14H19BrN2S/c1-8-6-7-11(9(8)2)17-12-5-3-4-10(15)13(12)14(16)18/h3-5,8-9,11,17H,6-7H2,1-2H3,(H2,16,18). The lowest BCUT2D eigenvalue weighted by Crippen LogP contribution is -2.26. The Bertz CT molecular complexity index is 461. The summed E-state index contributed by atoms with van der Waals surface area (Å²) in [5.74, 6) is 1.46. The molecule has 0 radical (unpaired) electrons. The number of nitrogens with one attached hydrogen (secondary N) is 1. The summed E-state index contributed by atoms with van der Waals surface area (Å²) in [7, 11) is 0. The molecule has 0 saturated heterocycles. The second-order valence-corrected chi connectivity index (χ2v) is 6.49. The lowest BCUT2D eigenvalue weighted by Gasteiger charge is -2.23. The highest BCUT2D eigenvalue weighted by atomic mass is 79.9. The molecule has 1 aromatic rings. The van der Waals surface area contributed by atoms with E-state index >= 15 is 0 Å². The van der Waals surface area contributed by atoms with Gasteiger partial charge in [0.05, 0.1) is 0 Å². The first kappa shape index (κ1) is 13.8. The van der Waals surface area contributed by atoms with Crippen molar-refractivity contribution in [3.63, 3.8) is 0 Å². The predicted octanol–water partition coefficient (Wildman–Crippen LogP) is 3.93. The highest BCUT2D eigenvalue weighted by Crippen LogP contribution is 2.35. The van der Waals surface area contributed by atoms with Crippen LogP contribution in [0.3, 0.4) is 0 Å². The average molecular weight is 327 g/mol. The Balaban J connectivity index is 2.24. The quantitative estimate of drug-likeness (QED) is 0.826. The first-order valence-corrected chi connectivity index (χ1v) is 7.55. The minimum atomic E-state index is 0.434. The Hall–Kier alpha value is -0.610. The number of anilines is 1. The van der Waals surface area contributed by atoms with E-state index in [9.17, 15) is 0 Å². The molecule has 0 aliphatic heterocycles. The fourth-order valence-corrected chi connectivity index (χ4v) is 3.59. The minimum Gasteiger partial charge on any atom is -0.389 e. The predicted molar refractivity (Wildman–Crippen MR) is 85.0 cm³/mol. The molecule has 0 amide bonds. The van der Waals surface area contributed by atoms with E-state index in [4.69, 9.17) is 18.0 Å². The van der Waals surface area contributed by atoms with E-state index in [2.05, 4.69) is 41.2 Å². The minimum absolute atomic E-state index is 0.434. The fourth-order valence-electron chi connectivity index (χ4n) is 2.66. The van der Waals surface area contributed by atoms with Crippen molar-refractivity contribution in [1.29, 1.82) is 0 Å². The number of hydrogen-bond donors (Lipinski definition) is 2. The third-order valence-electron chi connectivity index (χ3n) is 4.07. The van der Waals surface area contributed by atoms with E-state index < -0.39 is 0 Å². The summed E-state index contributed by atoms with van der Waals surface area (Å²) < 4.78 is 0.957. The molecule has 0 bridgehead atoms. The molecule has 3 N–H and O–H groups in total. The summed E-state index contributed by atoms with van der Waals surface area (Å²) in [4.78, 5) is 0.434. The monoisotopic (exact) mass is 326 g/mol. The maximum Gasteiger partial charge on any atom is 0.107 e. The Morgan fingerprint density at radius 1 is 1.39 bits per heavy atom. The zero-order chi connectivity index (χ0) is 13.3. The molecule has 1 aromatic carbocycles. The van der Waals surface area contributed by atoms with Crippen molar-refractivity contribution >= 4 is 38.8 Å². The van der Waals surface area contributed by atoms with Crippen LogP contribution < -0.4 is 11.1 Å². The zero-order valence-corrected chi connectivity index (χ0v) is 13.1. The molecule has 0 heterocycles. The maximum atomic E-state index is 5.81. The first-order chi connectivity index (χ1) is 8.50. The van der Waals surface area contributed by atoms with Gasteiger partial charge in [0.15, 0.2) is 0 Å². The Morgan fingerprint density at radius 3 is 2.67 bits per heavy atom. The molecule has 1 saturated carbocycles. The van der Waals surface area contributed by atoms with E-state index in [1.165, 1.54) is 12.8 Å². The SMILES string of the molecule is CC1CCC(Nc2cccc(Br)c2C(N)=S)C1C. The normalized spacial score (nSPS) is 27.2. The van der Waals surface area contributed by atoms with Gasteiger partial charge in [-0.05, 0) is 52.7 Å². The van der Waals surface area contributed by atoms with Crippen LogP contribution in [0, 0.1) is 11.8 Å². The molecule has 4 heteroatoms. The number of halogens is 1. The van der Waals surface area contributed by atoms with Crippen molar-refractivity contribution in [2.45, 2.75) is 32.7 Å². The highest BCUT2D eigenvalue weighted by molar-refractivity contribution is 9.10. The Morgan fingerprint density at radius 2 is 2.11 bits per heavy atom. The maximum absolute atomic E-state index is 5.81. The lowest BCUT2D eigenvalue weighted by atomic mass is 9.97. The van der Waals surface area contributed by atoms with Crippen LogP contribution >= 0.6 is 28.1 Å². The van der Waals surface area contributed by atoms with Crippen molar-refractivity contribution in [3.05, 3.63) is 28.2 Å². The molecule has 1 fully saturated rings. The lowest BCUT2D eigenvalue weighted by molar-refractivity contribution is 0.435. The molecular formula is C14H19BrN2S. The molecule has 3 atom stereocenters. The topological polar surface area (TPSA) is 38.0 Å². The molecule has 1 aliphatic rings. The van der Waals surface area contributed by atoms with Crippen LogP contribution in [-0.4, -0.2) is 11.0 Å². The molecular weight excluding hydrogens is 308 g/mol. The van der Waals surface area contributed by atoms with Gasteiger partial charge >= 0.3 is 0 Å². The van der Waals surface area contributed by atoms with Gasteiger partial charge in [-0.1, -0.05) is 32.1 Å². The highest BCUT2D eigenvalue weighted by Gasteiger charge is 2.30. The summed E-state index contributed by atoms with van der Waals surface area (Å²) in [5.41, 5.74) is 7.77. The van der Waals surface area contributed by atoms with Gasteiger partial charge in [0.2, 0.25) is 0 Å². The molecule has 98 valence electrons. The number of nitrogens with two attached hydrogens (primary N) is 1. The van der Waals surface area contributed by atoms with Gasteiger partial charge in [0, 0.05) is 21.8 Å². The van der Waals surface area contributed by atoms with Crippen LogP contribution in [0.25, 0.3) is 0 Å². The van der Waals surface area contributed by atoms with Crippen LogP contribution in [0.1, 0.15) is 32.3 Å². The van der Waals surface area contributed by atoms with Crippen molar-refractivity contribution in [1.82, 2.24) is 0 Å². The van der Waals surface area contributed by atoms with Gasteiger partial charge in [-0.25, -0.2) is 0 Å². The fraction of sp³-hybridized carbons (Fsp3) is 0.500. The van der Waals surface area contributed by atoms with Gasteiger partial charge in [0.1, 0.15) is 4.99 Å². The Labute approximate surface area is 122 Å².